The van der Waals surface area contributed by atoms with Crippen LogP contribution in [0, 0.1) is 6.92 Å². The molecule has 0 aliphatic heterocycles. The highest BCUT2D eigenvalue weighted by molar-refractivity contribution is 7.17. The molecule has 1 saturated carbocycles. The van der Waals surface area contributed by atoms with E-state index in [4.69, 9.17) is 9.15 Å². The third-order valence-corrected chi connectivity index (χ3v) is 5.62. The molecule has 0 unspecified atom stereocenters. The van der Waals surface area contributed by atoms with Gasteiger partial charge in [0.1, 0.15) is 0 Å². The number of methoxy groups -OCH3 is 1. The lowest BCUT2D eigenvalue weighted by Crippen LogP contribution is -2.29. The fourth-order valence-corrected chi connectivity index (χ4v) is 4.04. The topological polar surface area (TPSA) is 144 Å². The normalized spacial score (nSPS) is 18.4. The van der Waals surface area contributed by atoms with E-state index in [9.17, 15) is 14.7 Å². The summed E-state index contributed by atoms with van der Waals surface area (Å²) < 4.78 is 11.8. The van der Waals surface area contributed by atoms with Gasteiger partial charge >= 0.3 is 5.63 Å². The van der Waals surface area contributed by atoms with Crippen molar-refractivity contribution < 1.29 is 19.1 Å². The van der Waals surface area contributed by atoms with E-state index in [2.05, 4.69) is 25.9 Å². The van der Waals surface area contributed by atoms with Crippen molar-refractivity contribution in [1.82, 2.24) is 20.0 Å². The molecular weight excluding hydrogens is 412 g/mol. The SMILES string of the molecule is COc1c(N[C@@H]2CCC[C@@H]2O)cc(C(=O)Nc2nnc(-n3nccc3C)s2)oc1=O. The second-order valence-electron chi connectivity index (χ2n) is 6.82. The Morgan fingerprint density at radius 3 is 2.90 bits per heavy atom. The molecule has 0 bridgehead atoms. The molecule has 3 aromatic heterocycles. The molecule has 1 fully saturated rings. The van der Waals surface area contributed by atoms with Crippen molar-refractivity contribution in [3.05, 3.63) is 40.2 Å². The minimum absolute atomic E-state index is 0.0574. The Bertz CT molecular complexity index is 1120. The summed E-state index contributed by atoms with van der Waals surface area (Å²) in [7, 11) is 1.34. The summed E-state index contributed by atoms with van der Waals surface area (Å²) in [6.07, 6.45) is 3.38. The molecular formula is C18H20N6O5S. The summed E-state index contributed by atoms with van der Waals surface area (Å²) >= 11 is 1.12. The Morgan fingerprint density at radius 1 is 1.40 bits per heavy atom. The maximum absolute atomic E-state index is 12.6. The monoisotopic (exact) mass is 432 g/mol. The summed E-state index contributed by atoms with van der Waals surface area (Å²) in [6.45, 7) is 1.87. The van der Waals surface area contributed by atoms with Crippen LogP contribution in [0.1, 0.15) is 35.5 Å². The summed E-state index contributed by atoms with van der Waals surface area (Å²) in [5, 5.41) is 28.5. The number of rotatable bonds is 6. The van der Waals surface area contributed by atoms with Crippen LogP contribution >= 0.6 is 11.3 Å². The quantitative estimate of drug-likeness (QED) is 0.528. The molecule has 0 spiro atoms. The van der Waals surface area contributed by atoms with Gasteiger partial charge in [0.25, 0.3) is 5.91 Å². The number of ether oxygens (including phenoxy) is 1. The van der Waals surface area contributed by atoms with Gasteiger partial charge in [-0.15, -0.1) is 10.2 Å². The summed E-state index contributed by atoms with van der Waals surface area (Å²) in [5.74, 6) is -0.939. The van der Waals surface area contributed by atoms with E-state index in [0.29, 0.717) is 11.6 Å². The van der Waals surface area contributed by atoms with Gasteiger partial charge in [0.2, 0.25) is 16.0 Å². The van der Waals surface area contributed by atoms with Crippen molar-refractivity contribution >= 4 is 28.1 Å². The highest BCUT2D eigenvalue weighted by Gasteiger charge is 2.27. The van der Waals surface area contributed by atoms with Gasteiger partial charge in [-0.3, -0.25) is 10.1 Å². The number of aliphatic hydroxyl groups excluding tert-OH is 1. The number of aryl methyl sites for hydroxylation is 1. The average Bonchev–Trinajstić information content (AvgIpc) is 3.44. The molecule has 11 nitrogen and oxygen atoms in total. The molecule has 1 aliphatic rings. The molecule has 0 aromatic carbocycles. The van der Waals surface area contributed by atoms with Crippen LogP contribution in [0.2, 0.25) is 0 Å². The number of amides is 1. The van der Waals surface area contributed by atoms with Crippen LogP contribution in [-0.4, -0.2) is 50.2 Å². The second kappa shape index (κ2) is 8.24. The minimum atomic E-state index is -0.801. The Labute approximate surface area is 174 Å². The average molecular weight is 432 g/mol. The predicted octanol–water partition coefficient (Wildman–Crippen LogP) is 1.57. The molecule has 3 heterocycles. The first-order valence-corrected chi connectivity index (χ1v) is 10.1. The maximum atomic E-state index is 12.6. The second-order valence-corrected chi connectivity index (χ2v) is 7.78. The molecule has 30 heavy (non-hydrogen) atoms. The third-order valence-electron chi connectivity index (χ3n) is 4.80. The van der Waals surface area contributed by atoms with Crippen molar-refractivity contribution in [3.63, 3.8) is 0 Å². The number of nitrogens with zero attached hydrogens (tertiary/aromatic N) is 4. The lowest BCUT2D eigenvalue weighted by molar-refractivity contribution is 0.0991. The summed E-state index contributed by atoms with van der Waals surface area (Å²) in [4.78, 5) is 24.9. The van der Waals surface area contributed by atoms with E-state index in [-0.39, 0.29) is 28.4 Å². The van der Waals surface area contributed by atoms with Gasteiger partial charge in [0, 0.05) is 18.0 Å². The molecule has 3 aromatic rings. The molecule has 2 atom stereocenters. The number of hydrogen-bond acceptors (Lipinski definition) is 10. The molecule has 0 saturated heterocycles. The number of hydrogen-bond donors (Lipinski definition) is 3. The van der Waals surface area contributed by atoms with Crippen molar-refractivity contribution in [2.45, 2.75) is 38.3 Å². The van der Waals surface area contributed by atoms with Gasteiger partial charge in [0.05, 0.1) is 24.9 Å². The molecule has 3 N–H and O–H groups in total. The van der Waals surface area contributed by atoms with E-state index < -0.39 is 17.6 Å². The van der Waals surface area contributed by atoms with E-state index in [0.717, 1.165) is 29.9 Å². The Hall–Kier alpha value is -3.25. The largest absolute Gasteiger partial charge is 0.488 e. The predicted molar refractivity (Wildman–Crippen MR) is 109 cm³/mol. The van der Waals surface area contributed by atoms with Crippen molar-refractivity contribution in [1.29, 1.82) is 0 Å². The van der Waals surface area contributed by atoms with Crippen LogP contribution in [0.25, 0.3) is 5.13 Å². The standard InChI is InChI=1S/C18H20N6O5S/c1-9-6-7-19-24(9)18-23-22-17(30-18)21-15(26)13-8-11(14(28-2)16(27)29-13)20-10-4-3-5-12(10)25/h6-8,10,12,20,25H,3-5H2,1-2H3,(H,21,22,26)/t10-,12+/m1/s1. The van der Waals surface area contributed by atoms with Gasteiger partial charge in [-0.1, -0.05) is 11.3 Å². The van der Waals surface area contributed by atoms with Gasteiger partial charge in [-0.25, -0.2) is 9.48 Å². The molecule has 0 radical (unpaired) electrons. The van der Waals surface area contributed by atoms with E-state index >= 15 is 0 Å². The van der Waals surface area contributed by atoms with E-state index in [1.807, 2.05) is 13.0 Å². The zero-order valence-corrected chi connectivity index (χ0v) is 17.1. The number of aromatic nitrogens is 4. The number of carbonyl (C=O) groups is 1. The first kappa shape index (κ1) is 20.0. The lowest BCUT2D eigenvalue weighted by atomic mass is 10.2. The summed E-state index contributed by atoms with van der Waals surface area (Å²) in [5.41, 5.74) is 0.357. The van der Waals surface area contributed by atoms with Crippen molar-refractivity contribution in [2.75, 3.05) is 17.7 Å². The molecule has 158 valence electrons. The van der Waals surface area contributed by atoms with Crippen LogP contribution in [0.5, 0.6) is 5.75 Å². The zero-order valence-electron chi connectivity index (χ0n) is 16.3. The highest BCUT2D eigenvalue weighted by Crippen LogP contribution is 2.28. The Balaban J connectivity index is 1.56. The zero-order chi connectivity index (χ0) is 21.3. The molecule has 1 aliphatic carbocycles. The Kier molecular flexibility index (Phi) is 5.50. The molecule has 12 heteroatoms. The third kappa shape index (κ3) is 3.91. The molecule has 4 rings (SSSR count). The van der Waals surface area contributed by atoms with Gasteiger partial charge < -0.3 is 19.6 Å². The number of carbonyl (C=O) groups excluding carboxylic acids is 1. The van der Waals surface area contributed by atoms with E-state index in [1.54, 1.807) is 10.9 Å². The number of aliphatic hydroxyl groups is 1. The van der Waals surface area contributed by atoms with Gasteiger partial charge in [-0.05, 0) is 32.3 Å². The van der Waals surface area contributed by atoms with Crippen LogP contribution < -0.4 is 21.0 Å². The van der Waals surface area contributed by atoms with Crippen LogP contribution in [0.3, 0.4) is 0 Å². The van der Waals surface area contributed by atoms with Gasteiger partial charge in [0.15, 0.2) is 5.76 Å². The Morgan fingerprint density at radius 2 is 2.23 bits per heavy atom. The van der Waals surface area contributed by atoms with Crippen molar-refractivity contribution in [3.8, 4) is 10.9 Å². The fraction of sp³-hybridized carbons (Fsp3) is 0.389. The number of anilines is 2. The number of nitrogens with one attached hydrogen (secondary N) is 2. The van der Waals surface area contributed by atoms with Crippen molar-refractivity contribution in [2.24, 2.45) is 0 Å². The van der Waals surface area contributed by atoms with Crippen LogP contribution in [-0.2, 0) is 0 Å². The lowest BCUT2D eigenvalue weighted by Gasteiger charge is -2.19. The maximum Gasteiger partial charge on any atom is 0.381 e. The van der Waals surface area contributed by atoms with Crippen LogP contribution in [0.4, 0.5) is 10.8 Å². The summed E-state index contributed by atoms with van der Waals surface area (Å²) in [6, 6.07) is 2.96. The van der Waals surface area contributed by atoms with Gasteiger partial charge in [-0.2, -0.15) is 5.10 Å². The molecule has 1 amide bonds. The highest BCUT2D eigenvalue weighted by atomic mass is 32.1. The smallest absolute Gasteiger partial charge is 0.381 e. The minimum Gasteiger partial charge on any atom is -0.488 e. The first-order valence-electron chi connectivity index (χ1n) is 9.29. The first-order chi connectivity index (χ1) is 14.5. The van der Waals surface area contributed by atoms with E-state index in [1.165, 1.54) is 13.2 Å². The fourth-order valence-electron chi connectivity index (χ4n) is 3.28. The van der Waals surface area contributed by atoms with Crippen LogP contribution in [0.15, 0.2) is 27.5 Å².